The summed E-state index contributed by atoms with van der Waals surface area (Å²) in [5, 5.41) is 0. The largest absolute Gasteiger partial charge is 0.429 e. The molecule has 1 aliphatic carbocycles. The van der Waals surface area contributed by atoms with Crippen LogP contribution in [-0.2, 0) is 12.3 Å². The number of rotatable bonds is 6. The summed E-state index contributed by atoms with van der Waals surface area (Å²) >= 11 is 0. The van der Waals surface area contributed by atoms with Crippen molar-refractivity contribution in [2.45, 2.75) is 44.4 Å². The Balaban J connectivity index is 1.55. The normalized spacial score (nSPS) is 18.4. The van der Waals surface area contributed by atoms with Crippen molar-refractivity contribution in [3.05, 3.63) is 100 Å². The molecule has 0 fully saturated rings. The first kappa shape index (κ1) is 28.5. The van der Waals surface area contributed by atoms with Gasteiger partial charge in [0.1, 0.15) is 40.4 Å². The second kappa shape index (κ2) is 10.6. The minimum Gasteiger partial charge on any atom is -0.429 e. The van der Waals surface area contributed by atoms with Crippen molar-refractivity contribution < 1.29 is 48.6 Å². The number of alkyl halides is 5. The van der Waals surface area contributed by atoms with E-state index in [4.69, 9.17) is 0 Å². The summed E-state index contributed by atoms with van der Waals surface area (Å²) in [6, 6.07) is 8.37. The summed E-state index contributed by atoms with van der Waals surface area (Å²) in [4.78, 5) is 0. The number of benzene rings is 3. The molecule has 3 aromatic rings. The van der Waals surface area contributed by atoms with E-state index < -0.39 is 70.1 Å². The van der Waals surface area contributed by atoms with E-state index in [1.54, 1.807) is 6.92 Å². The second-order valence-electron chi connectivity index (χ2n) is 9.13. The van der Waals surface area contributed by atoms with Crippen molar-refractivity contribution in [1.29, 1.82) is 0 Å². The fraction of sp³-hybridized carbons (Fsp3) is 0.286. The Morgan fingerprint density at radius 2 is 1.31 bits per heavy atom. The third kappa shape index (κ3) is 5.77. The first-order valence-electron chi connectivity index (χ1n) is 11.8. The van der Waals surface area contributed by atoms with Crippen LogP contribution in [-0.4, -0.2) is 0 Å². The van der Waals surface area contributed by atoms with Crippen molar-refractivity contribution in [1.82, 2.24) is 0 Å². The lowest BCUT2D eigenvalue weighted by atomic mass is 9.81. The Kier molecular flexibility index (Phi) is 7.73. The van der Waals surface area contributed by atoms with E-state index >= 15 is 0 Å². The lowest BCUT2D eigenvalue weighted by molar-refractivity contribution is -0.187. The maximum absolute atomic E-state index is 14.7. The van der Waals surface area contributed by atoms with Gasteiger partial charge in [-0.05, 0) is 48.1 Å². The van der Waals surface area contributed by atoms with Gasteiger partial charge >= 0.3 is 12.3 Å². The first-order chi connectivity index (χ1) is 18.2. The van der Waals surface area contributed by atoms with Gasteiger partial charge in [0.15, 0.2) is 0 Å². The zero-order valence-electron chi connectivity index (χ0n) is 20.2. The van der Waals surface area contributed by atoms with Crippen LogP contribution in [0.1, 0.15) is 48.8 Å². The molecule has 0 radical (unpaired) electrons. The molecule has 3 aromatic carbocycles. The fourth-order valence-corrected chi connectivity index (χ4v) is 4.60. The molecule has 1 aliphatic rings. The highest BCUT2D eigenvalue weighted by atomic mass is 19.4. The van der Waals surface area contributed by atoms with Crippen LogP contribution in [0.25, 0.3) is 11.1 Å². The molecule has 11 heteroatoms. The second-order valence-corrected chi connectivity index (χ2v) is 9.13. The van der Waals surface area contributed by atoms with Crippen LogP contribution in [0.15, 0.2) is 66.3 Å². The molecule has 4 rings (SSSR count). The fourth-order valence-electron chi connectivity index (χ4n) is 4.60. The Morgan fingerprint density at radius 1 is 0.718 bits per heavy atom. The zero-order valence-corrected chi connectivity index (χ0v) is 20.2. The maximum Gasteiger partial charge on any atom is 0.429 e. The molecule has 0 bridgehead atoms. The van der Waals surface area contributed by atoms with Gasteiger partial charge in [0.05, 0.1) is 5.56 Å². The monoisotopic (exact) mass is 562 g/mol. The summed E-state index contributed by atoms with van der Waals surface area (Å²) in [7, 11) is 0. The standard InChI is InChI=1S/C28H20F10O/c1-2-14-7-9-19(26(33)25(14)32)16-5-3-15(4-6-16)17-8-10-20(21(29)11-17)28(37,38)39-18-12-22(30)24(23(31)13-18)27(34,35)36/h3-6,8,10-14,19H,2,7,9H2,1H3. The van der Waals surface area contributed by atoms with Crippen molar-refractivity contribution in [3.63, 3.8) is 0 Å². The van der Waals surface area contributed by atoms with Gasteiger partial charge in [-0.25, -0.2) is 22.0 Å². The zero-order chi connectivity index (χ0) is 28.7. The summed E-state index contributed by atoms with van der Waals surface area (Å²) in [5.41, 5.74) is -2.61. The summed E-state index contributed by atoms with van der Waals surface area (Å²) < 4.78 is 142. The molecule has 0 heterocycles. The molecule has 208 valence electrons. The molecule has 1 nitrogen and oxygen atoms in total. The third-order valence-electron chi connectivity index (χ3n) is 6.66. The number of ether oxygens (including phenoxy) is 1. The van der Waals surface area contributed by atoms with Crippen molar-refractivity contribution >= 4 is 0 Å². The molecular formula is C28H20F10O. The summed E-state index contributed by atoms with van der Waals surface area (Å²) in [6.45, 7) is 1.77. The highest BCUT2D eigenvalue weighted by Gasteiger charge is 2.41. The molecule has 0 N–H and O–H groups in total. The van der Waals surface area contributed by atoms with E-state index in [9.17, 15) is 43.9 Å². The summed E-state index contributed by atoms with van der Waals surface area (Å²) in [5.74, 6) is -9.92. The Morgan fingerprint density at radius 3 is 1.85 bits per heavy atom. The van der Waals surface area contributed by atoms with Crippen LogP contribution in [0.5, 0.6) is 5.75 Å². The van der Waals surface area contributed by atoms with E-state index in [-0.39, 0.29) is 17.7 Å². The lowest BCUT2D eigenvalue weighted by Gasteiger charge is -2.26. The number of hydrogen-bond acceptors (Lipinski definition) is 1. The molecule has 0 spiro atoms. The van der Waals surface area contributed by atoms with E-state index in [0.717, 1.165) is 12.1 Å². The predicted molar refractivity (Wildman–Crippen MR) is 123 cm³/mol. The Bertz CT molecular complexity index is 1370. The molecule has 0 saturated carbocycles. The molecule has 0 aliphatic heterocycles. The average Bonchev–Trinajstić information content (AvgIpc) is 2.84. The van der Waals surface area contributed by atoms with E-state index in [1.165, 1.54) is 24.3 Å². The van der Waals surface area contributed by atoms with Crippen molar-refractivity contribution in [2.24, 2.45) is 5.92 Å². The maximum atomic E-state index is 14.7. The molecule has 39 heavy (non-hydrogen) atoms. The molecule has 0 amide bonds. The number of hydrogen-bond donors (Lipinski definition) is 0. The van der Waals surface area contributed by atoms with Crippen molar-refractivity contribution in [2.75, 3.05) is 0 Å². The van der Waals surface area contributed by atoms with Gasteiger partial charge in [0.2, 0.25) is 0 Å². The Labute approximate surface area is 216 Å². The third-order valence-corrected chi connectivity index (χ3v) is 6.66. The van der Waals surface area contributed by atoms with Gasteiger partial charge in [0, 0.05) is 24.0 Å². The molecule has 2 atom stereocenters. The topological polar surface area (TPSA) is 9.23 Å². The van der Waals surface area contributed by atoms with Crippen LogP contribution in [0, 0.1) is 23.4 Å². The smallest absolute Gasteiger partial charge is 0.429 e. The van der Waals surface area contributed by atoms with Crippen molar-refractivity contribution in [3.8, 4) is 16.9 Å². The number of halogens is 10. The predicted octanol–water partition coefficient (Wildman–Crippen LogP) is 9.97. The average molecular weight is 562 g/mol. The minimum absolute atomic E-state index is 0.0771. The molecule has 0 saturated heterocycles. The van der Waals surface area contributed by atoms with Crippen LogP contribution < -0.4 is 4.74 Å². The van der Waals surface area contributed by atoms with Gasteiger partial charge in [-0.3, -0.25) is 0 Å². The van der Waals surface area contributed by atoms with Gasteiger partial charge in [-0.1, -0.05) is 37.3 Å². The minimum atomic E-state index is -5.41. The van der Waals surface area contributed by atoms with Crippen LogP contribution >= 0.6 is 0 Å². The highest BCUT2D eigenvalue weighted by Crippen LogP contribution is 2.43. The van der Waals surface area contributed by atoms with Gasteiger partial charge in [-0.15, -0.1) is 0 Å². The van der Waals surface area contributed by atoms with E-state index in [2.05, 4.69) is 4.74 Å². The molecular weight excluding hydrogens is 542 g/mol. The Hall–Kier alpha value is -3.50. The lowest BCUT2D eigenvalue weighted by Crippen LogP contribution is -2.24. The molecule has 0 aromatic heterocycles. The van der Waals surface area contributed by atoms with Crippen LogP contribution in [0.3, 0.4) is 0 Å². The summed E-state index contributed by atoms with van der Waals surface area (Å²) in [6.07, 6.45) is -8.55. The quantitative estimate of drug-likeness (QED) is 0.272. The van der Waals surface area contributed by atoms with Crippen LogP contribution in [0.2, 0.25) is 0 Å². The molecule has 2 unspecified atom stereocenters. The van der Waals surface area contributed by atoms with Gasteiger partial charge in [-0.2, -0.15) is 22.0 Å². The van der Waals surface area contributed by atoms with Gasteiger partial charge < -0.3 is 4.74 Å². The first-order valence-corrected chi connectivity index (χ1v) is 11.8. The van der Waals surface area contributed by atoms with Gasteiger partial charge in [0.25, 0.3) is 0 Å². The van der Waals surface area contributed by atoms with E-state index in [0.29, 0.717) is 36.5 Å². The number of allylic oxidation sites excluding steroid dienone is 2. The van der Waals surface area contributed by atoms with E-state index in [1.807, 2.05) is 0 Å². The highest BCUT2D eigenvalue weighted by molar-refractivity contribution is 5.64. The SMILES string of the molecule is CCC1CCC(c2ccc(-c3ccc(C(F)(F)Oc4cc(F)c(C(F)(F)F)c(F)c4)c(F)c3)cc2)C(F)=C1F. The van der Waals surface area contributed by atoms with Crippen LogP contribution in [0.4, 0.5) is 43.9 Å².